The van der Waals surface area contributed by atoms with Crippen LogP contribution < -0.4 is 5.32 Å². The monoisotopic (exact) mass is 275 g/mol. The molecule has 0 aliphatic carbocycles. The van der Waals surface area contributed by atoms with Gasteiger partial charge in [0.15, 0.2) is 17.5 Å². The van der Waals surface area contributed by atoms with Gasteiger partial charge >= 0.3 is 0 Å². The maximum absolute atomic E-state index is 13.6. The van der Waals surface area contributed by atoms with Crippen LogP contribution in [0.5, 0.6) is 0 Å². The predicted octanol–water partition coefficient (Wildman–Crippen LogP) is 2.95. The van der Waals surface area contributed by atoms with Crippen LogP contribution in [0.2, 0.25) is 0 Å². The molecule has 0 aliphatic rings. The first-order valence-electron chi connectivity index (χ1n) is 6.32. The van der Waals surface area contributed by atoms with E-state index in [2.05, 4.69) is 5.32 Å². The first-order chi connectivity index (χ1) is 8.75. The van der Waals surface area contributed by atoms with Gasteiger partial charge in [-0.2, -0.15) is 0 Å². The molecule has 0 aliphatic heterocycles. The second kappa shape index (κ2) is 6.39. The van der Waals surface area contributed by atoms with Crippen molar-refractivity contribution in [2.24, 2.45) is 5.92 Å². The Morgan fingerprint density at radius 3 is 2.42 bits per heavy atom. The fraction of sp³-hybridized carbons (Fsp3) is 0.571. The lowest BCUT2D eigenvalue weighted by Crippen LogP contribution is -2.30. The van der Waals surface area contributed by atoms with Gasteiger partial charge in [0.2, 0.25) is 0 Å². The van der Waals surface area contributed by atoms with E-state index in [0.29, 0.717) is 12.5 Å². The van der Waals surface area contributed by atoms with Gasteiger partial charge in [-0.15, -0.1) is 0 Å². The van der Waals surface area contributed by atoms with Crippen LogP contribution in [0.25, 0.3) is 0 Å². The summed E-state index contributed by atoms with van der Waals surface area (Å²) in [5, 5.41) is 13.3. The molecule has 1 atom stereocenters. The molecule has 2 nitrogen and oxygen atoms in total. The molecule has 0 radical (unpaired) electrons. The Kier molecular flexibility index (Phi) is 5.38. The molecule has 0 amide bonds. The molecular formula is C14H20F3NO. The molecule has 0 heterocycles. The largest absolute Gasteiger partial charge is 0.385 e. The standard InChI is InChI=1S/C14H20F3NO/c1-9(2)8-18-7-6-14(3,19)10-4-5-11(15)13(17)12(10)16/h4-5,9,18-19H,6-8H2,1-3H3. The minimum atomic E-state index is -1.55. The molecule has 1 rings (SSSR count). The zero-order valence-electron chi connectivity index (χ0n) is 11.4. The lowest BCUT2D eigenvalue weighted by atomic mass is 9.91. The molecule has 19 heavy (non-hydrogen) atoms. The van der Waals surface area contributed by atoms with E-state index < -0.39 is 23.1 Å². The van der Waals surface area contributed by atoms with Crippen LogP contribution in [0.1, 0.15) is 32.8 Å². The second-order valence-corrected chi connectivity index (χ2v) is 5.34. The van der Waals surface area contributed by atoms with Gasteiger partial charge in [-0.1, -0.05) is 19.9 Å². The maximum Gasteiger partial charge on any atom is 0.194 e. The Morgan fingerprint density at radius 1 is 1.21 bits per heavy atom. The van der Waals surface area contributed by atoms with Crippen LogP contribution in [0, 0.1) is 23.4 Å². The fourth-order valence-corrected chi connectivity index (χ4v) is 1.80. The van der Waals surface area contributed by atoms with Crippen LogP contribution in [-0.2, 0) is 5.60 Å². The third kappa shape index (κ3) is 4.21. The molecule has 0 saturated carbocycles. The number of halogens is 3. The van der Waals surface area contributed by atoms with E-state index in [0.717, 1.165) is 18.7 Å². The molecule has 1 unspecified atom stereocenters. The minimum Gasteiger partial charge on any atom is -0.385 e. The molecule has 0 aromatic heterocycles. The lowest BCUT2D eigenvalue weighted by molar-refractivity contribution is 0.0432. The molecular weight excluding hydrogens is 255 g/mol. The molecule has 0 saturated heterocycles. The highest BCUT2D eigenvalue weighted by molar-refractivity contribution is 5.25. The van der Waals surface area contributed by atoms with Crippen molar-refractivity contribution in [3.05, 3.63) is 35.1 Å². The van der Waals surface area contributed by atoms with Gasteiger partial charge in [0.05, 0.1) is 5.60 Å². The summed E-state index contributed by atoms with van der Waals surface area (Å²) in [6, 6.07) is 1.90. The zero-order valence-corrected chi connectivity index (χ0v) is 11.4. The highest BCUT2D eigenvalue weighted by Gasteiger charge is 2.28. The summed E-state index contributed by atoms with van der Waals surface area (Å²) in [6.45, 7) is 6.71. The van der Waals surface area contributed by atoms with E-state index in [1.54, 1.807) is 0 Å². The van der Waals surface area contributed by atoms with Crippen molar-refractivity contribution in [1.82, 2.24) is 5.32 Å². The first-order valence-corrected chi connectivity index (χ1v) is 6.32. The third-order valence-electron chi connectivity index (χ3n) is 2.96. The van der Waals surface area contributed by atoms with E-state index in [9.17, 15) is 18.3 Å². The predicted molar refractivity (Wildman–Crippen MR) is 68.2 cm³/mol. The van der Waals surface area contributed by atoms with Gasteiger partial charge in [-0.3, -0.25) is 0 Å². The van der Waals surface area contributed by atoms with E-state index in [1.807, 2.05) is 13.8 Å². The summed E-state index contributed by atoms with van der Waals surface area (Å²) >= 11 is 0. The summed E-state index contributed by atoms with van der Waals surface area (Å²) in [6.07, 6.45) is 0.210. The Bertz CT molecular complexity index is 433. The number of nitrogens with one attached hydrogen (secondary N) is 1. The molecule has 1 aromatic rings. The molecule has 108 valence electrons. The summed E-state index contributed by atoms with van der Waals surface area (Å²) in [4.78, 5) is 0. The number of hydrogen-bond acceptors (Lipinski definition) is 2. The lowest BCUT2D eigenvalue weighted by Gasteiger charge is -2.25. The Hall–Kier alpha value is -1.07. The number of benzene rings is 1. The number of hydrogen-bond donors (Lipinski definition) is 2. The SMILES string of the molecule is CC(C)CNCCC(C)(O)c1ccc(F)c(F)c1F. The molecule has 0 spiro atoms. The van der Waals surface area contributed by atoms with E-state index in [1.165, 1.54) is 6.92 Å². The summed E-state index contributed by atoms with van der Waals surface area (Å²) < 4.78 is 39.6. The van der Waals surface area contributed by atoms with Gasteiger partial charge in [-0.25, -0.2) is 13.2 Å². The summed E-state index contributed by atoms with van der Waals surface area (Å²) in [5.41, 5.74) is -1.76. The van der Waals surface area contributed by atoms with Gasteiger partial charge in [0.25, 0.3) is 0 Å². The van der Waals surface area contributed by atoms with E-state index in [4.69, 9.17) is 0 Å². The van der Waals surface area contributed by atoms with Gasteiger partial charge in [-0.05, 0) is 38.4 Å². The van der Waals surface area contributed by atoms with Crippen LogP contribution in [0.3, 0.4) is 0 Å². The molecule has 1 aromatic carbocycles. The maximum atomic E-state index is 13.6. The zero-order chi connectivity index (χ0) is 14.6. The smallest absolute Gasteiger partial charge is 0.194 e. The highest BCUT2D eigenvalue weighted by atomic mass is 19.2. The molecule has 0 bridgehead atoms. The summed E-state index contributed by atoms with van der Waals surface area (Å²) in [5.74, 6) is -3.67. The van der Waals surface area contributed by atoms with Gasteiger partial charge in [0, 0.05) is 5.56 Å². The molecule has 2 N–H and O–H groups in total. The van der Waals surface area contributed by atoms with E-state index in [-0.39, 0.29) is 12.0 Å². The first kappa shape index (κ1) is 16.0. The number of aliphatic hydroxyl groups is 1. The van der Waals surface area contributed by atoms with Crippen molar-refractivity contribution in [1.29, 1.82) is 0 Å². The van der Waals surface area contributed by atoms with Crippen molar-refractivity contribution in [2.75, 3.05) is 13.1 Å². The van der Waals surface area contributed by atoms with Crippen LogP contribution in [-0.4, -0.2) is 18.2 Å². The van der Waals surface area contributed by atoms with Crippen LogP contribution in [0.15, 0.2) is 12.1 Å². The molecule has 5 heteroatoms. The normalized spacial score (nSPS) is 14.7. The number of rotatable bonds is 6. The van der Waals surface area contributed by atoms with Crippen molar-refractivity contribution in [3.8, 4) is 0 Å². The average Bonchev–Trinajstić information content (AvgIpc) is 2.31. The van der Waals surface area contributed by atoms with Crippen LogP contribution >= 0.6 is 0 Å². The quantitative estimate of drug-likeness (QED) is 0.618. The highest BCUT2D eigenvalue weighted by Crippen LogP contribution is 2.28. The topological polar surface area (TPSA) is 32.3 Å². The third-order valence-corrected chi connectivity index (χ3v) is 2.96. The fourth-order valence-electron chi connectivity index (χ4n) is 1.80. The average molecular weight is 275 g/mol. The van der Waals surface area contributed by atoms with Crippen molar-refractivity contribution in [2.45, 2.75) is 32.8 Å². The van der Waals surface area contributed by atoms with Crippen molar-refractivity contribution in [3.63, 3.8) is 0 Å². The van der Waals surface area contributed by atoms with E-state index >= 15 is 0 Å². The van der Waals surface area contributed by atoms with Crippen LogP contribution in [0.4, 0.5) is 13.2 Å². The molecule has 0 fully saturated rings. The minimum absolute atomic E-state index is 0.210. The van der Waals surface area contributed by atoms with Gasteiger partial charge in [0.1, 0.15) is 0 Å². The van der Waals surface area contributed by atoms with Gasteiger partial charge < -0.3 is 10.4 Å². The Labute approximate surface area is 111 Å². The van der Waals surface area contributed by atoms with Crippen molar-refractivity contribution < 1.29 is 18.3 Å². The second-order valence-electron chi connectivity index (χ2n) is 5.34. The van der Waals surface area contributed by atoms with Crippen molar-refractivity contribution >= 4 is 0 Å². The Morgan fingerprint density at radius 2 is 1.84 bits per heavy atom. The Balaban J connectivity index is 2.74. The summed E-state index contributed by atoms with van der Waals surface area (Å²) in [7, 11) is 0.